The number of halogens is 1. The largest absolute Gasteiger partial charge is 0.298 e. The molecular weight excluding hydrogens is 209 g/mol. The number of hydrogen-bond acceptors (Lipinski definition) is 2. The van der Waals surface area contributed by atoms with E-state index in [9.17, 15) is 9.18 Å². The summed E-state index contributed by atoms with van der Waals surface area (Å²) in [4.78, 5) is 13.2. The van der Waals surface area contributed by atoms with Gasteiger partial charge in [0.15, 0.2) is 6.29 Å². The number of azide groups is 1. The van der Waals surface area contributed by atoms with Gasteiger partial charge >= 0.3 is 0 Å². The van der Waals surface area contributed by atoms with Crippen LogP contribution in [0.3, 0.4) is 0 Å². The molecule has 0 amide bonds. The molecule has 0 spiro atoms. The van der Waals surface area contributed by atoms with Gasteiger partial charge in [-0.2, -0.15) is 0 Å². The average Bonchev–Trinajstić information content (AvgIpc) is 2.30. The van der Waals surface area contributed by atoms with Crippen LogP contribution in [0.1, 0.15) is 22.3 Å². The predicted octanol–water partition coefficient (Wildman–Crippen LogP) is 2.69. The Hall–Kier alpha value is -2.31. The molecule has 0 aromatic heterocycles. The normalized spacial score (nSPS) is 8.56. The van der Waals surface area contributed by atoms with Crippen molar-refractivity contribution in [3.63, 3.8) is 0 Å². The van der Waals surface area contributed by atoms with Gasteiger partial charge in [0.2, 0.25) is 0 Å². The molecule has 0 bridgehead atoms. The maximum absolute atomic E-state index is 13.3. The van der Waals surface area contributed by atoms with Crippen LogP contribution in [0.4, 0.5) is 4.39 Å². The van der Waals surface area contributed by atoms with Crippen LogP contribution in [0.5, 0.6) is 0 Å². The Morgan fingerprint density at radius 2 is 2.38 bits per heavy atom. The van der Waals surface area contributed by atoms with Crippen molar-refractivity contribution in [3.05, 3.63) is 45.6 Å². The van der Waals surface area contributed by atoms with E-state index < -0.39 is 5.82 Å². The van der Waals surface area contributed by atoms with E-state index >= 15 is 0 Å². The molecule has 4 nitrogen and oxygen atoms in total. The highest BCUT2D eigenvalue weighted by Gasteiger charge is 2.03. The van der Waals surface area contributed by atoms with Crippen LogP contribution in [0.15, 0.2) is 23.3 Å². The zero-order chi connectivity index (χ0) is 11.8. The fourth-order valence-corrected chi connectivity index (χ4v) is 1.07. The van der Waals surface area contributed by atoms with Crippen molar-refractivity contribution in [2.24, 2.45) is 5.11 Å². The molecular formula is C11H8FN3O. The Bertz CT molecular complexity index is 496. The smallest absolute Gasteiger partial charge is 0.151 e. The molecule has 5 heteroatoms. The molecule has 0 saturated carbocycles. The highest BCUT2D eigenvalue weighted by atomic mass is 19.1. The molecule has 1 rings (SSSR count). The summed E-state index contributed by atoms with van der Waals surface area (Å²) in [5.74, 6) is 4.66. The van der Waals surface area contributed by atoms with Crippen molar-refractivity contribution in [1.82, 2.24) is 0 Å². The number of aldehydes is 1. The zero-order valence-electron chi connectivity index (χ0n) is 8.35. The molecule has 0 radical (unpaired) electrons. The molecule has 0 atom stereocenters. The number of hydrogen-bond donors (Lipinski definition) is 0. The van der Waals surface area contributed by atoms with Gasteiger partial charge in [-0.3, -0.25) is 4.79 Å². The fraction of sp³-hybridized carbons (Fsp3) is 0.182. The van der Waals surface area contributed by atoms with E-state index in [0.29, 0.717) is 12.7 Å². The molecule has 0 fully saturated rings. The van der Waals surface area contributed by atoms with Crippen LogP contribution in [-0.2, 0) is 0 Å². The van der Waals surface area contributed by atoms with Gasteiger partial charge in [-0.1, -0.05) is 29.1 Å². The van der Waals surface area contributed by atoms with Gasteiger partial charge in [-0.05, 0) is 11.6 Å². The topological polar surface area (TPSA) is 65.8 Å². The van der Waals surface area contributed by atoms with Gasteiger partial charge in [-0.25, -0.2) is 4.39 Å². The van der Waals surface area contributed by atoms with Crippen LogP contribution in [0.25, 0.3) is 10.4 Å². The molecule has 0 saturated heterocycles. The van der Waals surface area contributed by atoms with Crippen LogP contribution in [0, 0.1) is 17.7 Å². The van der Waals surface area contributed by atoms with E-state index in [0.717, 1.165) is 0 Å². The Balaban J connectivity index is 2.86. The molecule has 0 aliphatic heterocycles. The zero-order valence-corrected chi connectivity index (χ0v) is 8.35. The van der Waals surface area contributed by atoms with Gasteiger partial charge in [0.05, 0.1) is 5.56 Å². The third-order valence-corrected chi connectivity index (χ3v) is 1.79. The van der Waals surface area contributed by atoms with E-state index in [4.69, 9.17) is 5.53 Å². The van der Waals surface area contributed by atoms with Gasteiger partial charge in [0.1, 0.15) is 5.82 Å². The first-order chi connectivity index (χ1) is 7.79. The molecule has 16 heavy (non-hydrogen) atoms. The second kappa shape index (κ2) is 6.23. The van der Waals surface area contributed by atoms with Gasteiger partial charge in [0, 0.05) is 23.4 Å². The third-order valence-electron chi connectivity index (χ3n) is 1.79. The summed E-state index contributed by atoms with van der Waals surface area (Å²) < 4.78 is 13.3. The van der Waals surface area contributed by atoms with E-state index in [1.165, 1.54) is 18.2 Å². The molecule has 0 aliphatic carbocycles. The molecule has 0 N–H and O–H groups in total. The van der Waals surface area contributed by atoms with Gasteiger partial charge < -0.3 is 0 Å². The highest BCUT2D eigenvalue weighted by Crippen LogP contribution is 2.10. The lowest BCUT2D eigenvalue weighted by molar-refractivity contribution is 0.112. The molecule has 0 aliphatic rings. The van der Waals surface area contributed by atoms with Crippen LogP contribution in [0.2, 0.25) is 0 Å². The van der Waals surface area contributed by atoms with Crippen LogP contribution in [-0.4, -0.2) is 12.8 Å². The fourth-order valence-electron chi connectivity index (χ4n) is 1.07. The number of carbonyl (C=O) groups excluding carboxylic acids is 1. The minimum Gasteiger partial charge on any atom is -0.298 e. The summed E-state index contributed by atoms with van der Waals surface area (Å²) in [6, 6.07) is 4.18. The van der Waals surface area contributed by atoms with Crippen molar-refractivity contribution in [1.29, 1.82) is 0 Å². The molecule has 0 unspecified atom stereocenters. The standard InChI is InChI=1S/C11H8FN3O/c12-11-6-3-4-9(8-16)10(11)5-1-2-7-14-15-13/h3-4,6,8H,2,7H2. The Labute approximate surface area is 91.7 Å². The summed E-state index contributed by atoms with van der Waals surface area (Å²) in [5.41, 5.74) is 8.31. The maximum atomic E-state index is 13.3. The number of benzene rings is 1. The van der Waals surface area contributed by atoms with Crippen molar-refractivity contribution < 1.29 is 9.18 Å². The SMILES string of the molecule is [N-]=[N+]=NCCC#Cc1c(F)cccc1C=O. The number of nitrogens with zero attached hydrogens (tertiary/aromatic N) is 3. The van der Waals surface area contributed by atoms with Crippen molar-refractivity contribution in [3.8, 4) is 11.8 Å². The van der Waals surface area contributed by atoms with E-state index in [1.807, 2.05) is 0 Å². The monoisotopic (exact) mass is 217 g/mol. The van der Waals surface area contributed by atoms with E-state index in [1.54, 1.807) is 0 Å². The summed E-state index contributed by atoms with van der Waals surface area (Å²) in [5, 5.41) is 3.28. The average molecular weight is 217 g/mol. The summed E-state index contributed by atoms with van der Waals surface area (Å²) in [6.45, 7) is 0.231. The first-order valence-electron chi connectivity index (χ1n) is 4.53. The molecule has 0 heterocycles. The minimum absolute atomic E-state index is 0.0819. The van der Waals surface area contributed by atoms with Crippen molar-refractivity contribution in [2.75, 3.05) is 6.54 Å². The maximum Gasteiger partial charge on any atom is 0.151 e. The molecule has 1 aromatic carbocycles. The Morgan fingerprint density at radius 3 is 3.06 bits per heavy atom. The predicted molar refractivity (Wildman–Crippen MR) is 57.3 cm³/mol. The number of carbonyl (C=O) groups is 1. The molecule has 80 valence electrons. The quantitative estimate of drug-likeness (QED) is 0.192. The second-order valence-corrected chi connectivity index (χ2v) is 2.83. The van der Waals surface area contributed by atoms with Crippen molar-refractivity contribution >= 4 is 6.29 Å². The van der Waals surface area contributed by atoms with Gasteiger partial charge in [0.25, 0.3) is 0 Å². The van der Waals surface area contributed by atoms with Crippen LogP contribution < -0.4 is 0 Å². The Morgan fingerprint density at radius 1 is 1.56 bits per heavy atom. The lowest BCUT2D eigenvalue weighted by atomic mass is 10.1. The van der Waals surface area contributed by atoms with Crippen LogP contribution >= 0.6 is 0 Å². The van der Waals surface area contributed by atoms with Crippen molar-refractivity contribution in [2.45, 2.75) is 6.42 Å². The lowest BCUT2D eigenvalue weighted by Gasteiger charge is -1.96. The second-order valence-electron chi connectivity index (χ2n) is 2.83. The highest BCUT2D eigenvalue weighted by molar-refractivity contribution is 5.79. The minimum atomic E-state index is -0.527. The molecule has 1 aromatic rings. The van der Waals surface area contributed by atoms with E-state index in [-0.39, 0.29) is 17.7 Å². The first-order valence-corrected chi connectivity index (χ1v) is 4.53. The third kappa shape index (κ3) is 3.12. The number of rotatable bonds is 3. The summed E-state index contributed by atoms with van der Waals surface area (Å²) >= 11 is 0. The van der Waals surface area contributed by atoms with E-state index in [2.05, 4.69) is 21.9 Å². The Kier molecular flexibility index (Phi) is 4.58. The first kappa shape index (κ1) is 11.8. The summed E-state index contributed by atoms with van der Waals surface area (Å²) in [6.07, 6.45) is 0.886. The lowest BCUT2D eigenvalue weighted by Crippen LogP contribution is -1.91. The summed E-state index contributed by atoms with van der Waals surface area (Å²) in [7, 11) is 0. The van der Waals surface area contributed by atoms with Gasteiger partial charge in [-0.15, -0.1) is 0 Å².